The Hall–Kier alpha value is 0.0649. The van der Waals surface area contributed by atoms with Gasteiger partial charge in [0.15, 0.2) is 0 Å². The maximum atomic E-state index is 5.62. The molecule has 0 aromatic rings. The van der Waals surface area contributed by atoms with E-state index in [1.165, 1.54) is 38.5 Å². The molecule has 0 amide bonds. The SMILES string of the molecule is [B]CC1CCC(CCCC)C1. The van der Waals surface area contributed by atoms with E-state index >= 15 is 0 Å². The zero-order valence-corrected chi connectivity index (χ0v) is 7.68. The van der Waals surface area contributed by atoms with E-state index < -0.39 is 0 Å². The van der Waals surface area contributed by atoms with Gasteiger partial charge in [-0.25, -0.2) is 0 Å². The molecule has 0 heterocycles. The highest BCUT2D eigenvalue weighted by atomic mass is 14.3. The molecule has 1 saturated carbocycles. The number of hydrogen-bond acceptors (Lipinski definition) is 0. The molecule has 1 heteroatoms. The van der Waals surface area contributed by atoms with Crippen LogP contribution in [0.1, 0.15) is 45.4 Å². The van der Waals surface area contributed by atoms with Gasteiger partial charge in [-0.3, -0.25) is 0 Å². The average molecular weight is 150 g/mol. The fraction of sp³-hybridized carbons (Fsp3) is 1.00. The van der Waals surface area contributed by atoms with Gasteiger partial charge in [0.2, 0.25) is 0 Å². The van der Waals surface area contributed by atoms with Gasteiger partial charge in [-0.05, 0) is 18.3 Å². The van der Waals surface area contributed by atoms with E-state index in [1.807, 2.05) is 0 Å². The first kappa shape index (κ1) is 9.16. The highest BCUT2D eigenvalue weighted by Gasteiger charge is 2.21. The van der Waals surface area contributed by atoms with E-state index in [0.29, 0.717) is 0 Å². The number of unbranched alkanes of at least 4 members (excludes halogenated alkanes) is 1. The molecule has 1 aliphatic carbocycles. The van der Waals surface area contributed by atoms with Crippen molar-refractivity contribution in [2.24, 2.45) is 11.8 Å². The second-order valence-corrected chi connectivity index (χ2v) is 3.92. The van der Waals surface area contributed by atoms with Gasteiger partial charge < -0.3 is 0 Å². The molecule has 0 aliphatic heterocycles. The van der Waals surface area contributed by atoms with Crippen molar-refractivity contribution >= 4 is 7.85 Å². The summed E-state index contributed by atoms with van der Waals surface area (Å²) in [5, 5.41) is 0. The molecule has 0 N–H and O–H groups in total. The summed E-state index contributed by atoms with van der Waals surface area (Å²) in [5.41, 5.74) is 0. The van der Waals surface area contributed by atoms with E-state index in [0.717, 1.165) is 18.2 Å². The van der Waals surface area contributed by atoms with Crippen LogP contribution in [0.2, 0.25) is 6.32 Å². The quantitative estimate of drug-likeness (QED) is 0.540. The third-order valence-corrected chi connectivity index (χ3v) is 2.95. The van der Waals surface area contributed by atoms with E-state index in [1.54, 1.807) is 0 Å². The smallest absolute Gasteiger partial charge is 0.0656 e. The molecule has 1 aliphatic rings. The average Bonchev–Trinajstić information content (AvgIpc) is 2.48. The summed E-state index contributed by atoms with van der Waals surface area (Å²) in [6.07, 6.45) is 9.39. The van der Waals surface area contributed by atoms with Crippen LogP contribution < -0.4 is 0 Å². The number of hydrogen-bond donors (Lipinski definition) is 0. The molecule has 0 aromatic heterocycles. The van der Waals surface area contributed by atoms with Crippen LogP contribution >= 0.6 is 0 Å². The number of rotatable bonds is 4. The van der Waals surface area contributed by atoms with Crippen molar-refractivity contribution in [2.45, 2.75) is 51.8 Å². The lowest BCUT2D eigenvalue weighted by molar-refractivity contribution is 0.461. The van der Waals surface area contributed by atoms with E-state index in [4.69, 9.17) is 7.85 Å². The van der Waals surface area contributed by atoms with Crippen LogP contribution in [0, 0.1) is 11.8 Å². The molecule has 2 atom stereocenters. The largest absolute Gasteiger partial charge is 0.0859 e. The maximum Gasteiger partial charge on any atom is 0.0656 e. The first-order chi connectivity index (χ1) is 5.36. The molecule has 62 valence electrons. The topological polar surface area (TPSA) is 0 Å². The van der Waals surface area contributed by atoms with Crippen LogP contribution in [0.25, 0.3) is 0 Å². The minimum Gasteiger partial charge on any atom is -0.0859 e. The summed E-state index contributed by atoms with van der Waals surface area (Å²) in [4.78, 5) is 0. The molecule has 0 saturated heterocycles. The Morgan fingerprint density at radius 2 is 2.00 bits per heavy atom. The zero-order valence-electron chi connectivity index (χ0n) is 7.68. The predicted molar refractivity (Wildman–Crippen MR) is 50.9 cm³/mol. The molecular formula is C10H19B. The van der Waals surface area contributed by atoms with Crippen LogP contribution in [0.15, 0.2) is 0 Å². The van der Waals surface area contributed by atoms with Crippen molar-refractivity contribution in [2.75, 3.05) is 0 Å². The summed E-state index contributed by atoms with van der Waals surface area (Å²) in [5.74, 6) is 1.88. The van der Waals surface area contributed by atoms with Crippen LogP contribution in [-0.2, 0) is 0 Å². The standard InChI is InChI=1S/C10H19B/c1-2-3-4-9-5-6-10(7-9)8-11/h9-10H,2-8H2,1H3. The van der Waals surface area contributed by atoms with Crippen molar-refractivity contribution in [3.05, 3.63) is 0 Å². The summed E-state index contributed by atoms with van der Waals surface area (Å²) in [7, 11) is 5.62. The summed E-state index contributed by atoms with van der Waals surface area (Å²) < 4.78 is 0. The fourth-order valence-electron chi connectivity index (χ4n) is 2.15. The zero-order chi connectivity index (χ0) is 8.10. The Bertz CT molecular complexity index is 101. The first-order valence-electron chi connectivity index (χ1n) is 5.06. The molecule has 1 fully saturated rings. The highest BCUT2D eigenvalue weighted by Crippen LogP contribution is 2.35. The Morgan fingerprint density at radius 3 is 2.55 bits per heavy atom. The van der Waals surface area contributed by atoms with Crippen LogP contribution in [0.5, 0.6) is 0 Å². The van der Waals surface area contributed by atoms with E-state index in [-0.39, 0.29) is 0 Å². The molecule has 0 nitrogen and oxygen atoms in total. The molecule has 1 rings (SSSR count). The van der Waals surface area contributed by atoms with Crippen molar-refractivity contribution in [1.29, 1.82) is 0 Å². The molecular weight excluding hydrogens is 131 g/mol. The minimum absolute atomic E-state index is 0.858. The molecule has 0 aromatic carbocycles. The van der Waals surface area contributed by atoms with Crippen molar-refractivity contribution in [1.82, 2.24) is 0 Å². The third kappa shape index (κ3) is 2.88. The van der Waals surface area contributed by atoms with Crippen LogP contribution in [0.3, 0.4) is 0 Å². The second kappa shape index (κ2) is 4.85. The molecule has 11 heavy (non-hydrogen) atoms. The van der Waals surface area contributed by atoms with E-state index in [9.17, 15) is 0 Å². The predicted octanol–water partition coefficient (Wildman–Crippen LogP) is 3.18. The minimum atomic E-state index is 0.858. The summed E-state index contributed by atoms with van der Waals surface area (Å²) in [6, 6.07) is 0. The van der Waals surface area contributed by atoms with Gasteiger partial charge in [-0.15, -0.1) is 0 Å². The van der Waals surface area contributed by atoms with Crippen molar-refractivity contribution in [3.63, 3.8) is 0 Å². The maximum absolute atomic E-state index is 5.62. The van der Waals surface area contributed by atoms with Gasteiger partial charge >= 0.3 is 0 Å². The Labute approximate surface area is 72.2 Å². The van der Waals surface area contributed by atoms with Gasteiger partial charge in [0.05, 0.1) is 7.85 Å². The van der Waals surface area contributed by atoms with Gasteiger partial charge in [0, 0.05) is 0 Å². The lowest BCUT2D eigenvalue weighted by Crippen LogP contribution is -1.95. The Morgan fingerprint density at radius 1 is 1.27 bits per heavy atom. The van der Waals surface area contributed by atoms with Crippen LogP contribution in [0.4, 0.5) is 0 Å². The molecule has 0 bridgehead atoms. The molecule has 0 spiro atoms. The lowest BCUT2D eigenvalue weighted by atomic mass is 9.89. The summed E-state index contributed by atoms with van der Waals surface area (Å²) in [6.45, 7) is 2.27. The second-order valence-electron chi connectivity index (χ2n) is 3.92. The highest BCUT2D eigenvalue weighted by molar-refractivity contribution is 6.08. The third-order valence-electron chi connectivity index (χ3n) is 2.95. The molecule has 2 unspecified atom stereocenters. The van der Waals surface area contributed by atoms with E-state index in [2.05, 4.69) is 6.92 Å². The summed E-state index contributed by atoms with van der Waals surface area (Å²) >= 11 is 0. The fourth-order valence-corrected chi connectivity index (χ4v) is 2.15. The van der Waals surface area contributed by atoms with Crippen LogP contribution in [-0.4, -0.2) is 7.85 Å². The first-order valence-corrected chi connectivity index (χ1v) is 5.06. The molecule has 2 radical (unpaired) electrons. The van der Waals surface area contributed by atoms with Crippen molar-refractivity contribution in [3.8, 4) is 0 Å². The van der Waals surface area contributed by atoms with Gasteiger partial charge in [0.1, 0.15) is 0 Å². The monoisotopic (exact) mass is 150 g/mol. The normalized spacial score (nSPS) is 31.0. The Balaban J connectivity index is 2.09. The Kier molecular flexibility index (Phi) is 4.03. The van der Waals surface area contributed by atoms with Crippen molar-refractivity contribution < 1.29 is 0 Å². The van der Waals surface area contributed by atoms with Gasteiger partial charge in [-0.2, -0.15) is 0 Å². The van der Waals surface area contributed by atoms with Gasteiger partial charge in [0.25, 0.3) is 0 Å². The lowest BCUT2D eigenvalue weighted by Gasteiger charge is -2.08. The van der Waals surface area contributed by atoms with Gasteiger partial charge in [-0.1, -0.05) is 45.3 Å².